The van der Waals surface area contributed by atoms with Crippen molar-refractivity contribution in [3.63, 3.8) is 0 Å². The molecule has 0 spiro atoms. The number of hydrogen-bond acceptors (Lipinski definition) is 9. The highest BCUT2D eigenvalue weighted by molar-refractivity contribution is 7.17. The van der Waals surface area contributed by atoms with Gasteiger partial charge >= 0.3 is 12.1 Å². The Morgan fingerprint density at radius 2 is 2.12 bits per heavy atom. The first-order chi connectivity index (χ1) is 15.2. The molecule has 14 heteroatoms. The van der Waals surface area contributed by atoms with Gasteiger partial charge in [0.15, 0.2) is 0 Å². The van der Waals surface area contributed by atoms with Gasteiger partial charge in [0.2, 0.25) is 5.82 Å². The average molecular weight is 471 g/mol. The van der Waals surface area contributed by atoms with Crippen LogP contribution in [0.2, 0.25) is 0 Å². The van der Waals surface area contributed by atoms with Crippen LogP contribution >= 0.6 is 11.3 Å². The minimum Gasteiger partial charge on any atom is -0.377 e. The first-order valence-corrected chi connectivity index (χ1v) is 10.1. The first-order valence-electron chi connectivity index (χ1n) is 9.33. The fraction of sp³-hybridized carbons (Fsp3) is 0.389. The van der Waals surface area contributed by atoms with E-state index in [4.69, 9.17) is 9.26 Å². The number of hydrogen-bond donors (Lipinski definition) is 1. The number of carbonyl (C=O) groups is 2. The van der Waals surface area contributed by atoms with Crippen molar-refractivity contribution in [2.45, 2.75) is 19.1 Å². The zero-order valence-electron chi connectivity index (χ0n) is 16.5. The Labute approximate surface area is 182 Å². The summed E-state index contributed by atoms with van der Waals surface area (Å²) in [6, 6.07) is 2.46. The topological polar surface area (TPSA) is 124 Å². The molecule has 1 unspecified atom stereocenters. The van der Waals surface area contributed by atoms with Gasteiger partial charge in [0.1, 0.15) is 11.3 Å². The maximum absolute atomic E-state index is 12.8. The van der Waals surface area contributed by atoms with E-state index in [1.165, 1.54) is 18.3 Å². The summed E-state index contributed by atoms with van der Waals surface area (Å²) in [4.78, 5) is 30.7. The third kappa shape index (κ3) is 4.50. The number of nitrogens with zero attached hydrogens (tertiary/aromatic N) is 4. The molecule has 3 aromatic rings. The minimum absolute atomic E-state index is 0.114. The van der Waals surface area contributed by atoms with E-state index in [2.05, 4.69) is 25.1 Å². The standard InChI is InChI=1S/C18H16F3N5O5S/c1-9-11(7-23-30-9)16(28)26-4-5-29-8-10(26)6-22-15(27)13-3-2-12(32-13)14-24-17(31-25-14)18(19,20)21/h2-3,7,10H,4-6,8H2,1H3,(H,22,27). The number of nitrogens with one attached hydrogen (secondary N) is 1. The summed E-state index contributed by atoms with van der Waals surface area (Å²) in [5, 5.41) is 9.64. The molecule has 32 heavy (non-hydrogen) atoms. The SMILES string of the molecule is Cc1oncc1C(=O)N1CCOCC1CNC(=O)c1ccc(-c2noc(C(F)(F)F)n2)s1. The molecule has 1 fully saturated rings. The van der Waals surface area contributed by atoms with Crippen LogP contribution in [-0.4, -0.2) is 64.4 Å². The van der Waals surface area contributed by atoms with E-state index in [0.29, 0.717) is 24.5 Å². The molecule has 0 aromatic carbocycles. The molecule has 170 valence electrons. The monoisotopic (exact) mass is 471 g/mol. The molecule has 0 saturated carbocycles. The lowest BCUT2D eigenvalue weighted by atomic mass is 10.1. The van der Waals surface area contributed by atoms with Crippen LogP contribution in [0.15, 0.2) is 27.4 Å². The van der Waals surface area contributed by atoms with E-state index < -0.39 is 24.0 Å². The zero-order valence-corrected chi connectivity index (χ0v) is 17.3. The number of thiophene rings is 1. The van der Waals surface area contributed by atoms with Gasteiger partial charge in [-0.1, -0.05) is 10.3 Å². The summed E-state index contributed by atoms with van der Waals surface area (Å²) in [6.45, 7) is 2.68. The molecule has 1 aliphatic heterocycles. The van der Waals surface area contributed by atoms with Crippen molar-refractivity contribution in [2.75, 3.05) is 26.3 Å². The number of ether oxygens (including phenoxy) is 1. The Balaban J connectivity index is 1.40. The molecule has 4 heterocycles. The number of alkyl halides is 3. The van der Waals surface area contributed by atoms with E-state index in [9.17, 15) is 22.8 Å². The lowest BCUT2D eigenvalue weighted by molar-refractivity contribution is -0.159. The molecule has 0 bridgehead atoms. The summed E-state index contributed by atoms with van der Waals surface area (Å²) in [6.07, 6.45) is -3.41. The van der Waals surface area contributed by atoms with Crippen molar-refractivity contribution in [3.8, 4) is 10.7 Å². The lowest BCUT2D eigenvalue weighted by Crippen LogP contribution is -2.53. The van der Waals surface area contributed by atoms with Gasteiger partial charge in [-0.15, -0.1) is 11.3 Å². The van der Waals surface area contributed by atoms with Gasteiger partial charge < -0.3 is 24.0 Å². The molecular weight excluding hydrogens is 455 g/mol. The van der Waals surface area contributed by atoms with Crippen LogP contribution in [0.3, 0.4) is 0 Å². The number of carbonyl (C=O) groups excluding carboxylic acids is 2. The number of aryl methyl sites for hydroxylation is 1. The highest BCUT2D eigenvalue weighted by atomic mass is 32.1. The molecule has 1 N–H and O–H groups in total. The van der Waals surface area contributed by atoms with Gasteiger partial charge in [0.25, 0.3) is 11.8 Å². The van der Waals surface area contributed by atoms with Crippen LogP contribution in [0.1, 0.15) is 31.7 Å². The second kappa shape index (κ2) is 8.70. The van der Waals surface area contributed by atoms with Crippen LogP contribution in [0.25, 0.3) is 10.7 Å². The predicted octanol–water partition coefficient (Wildman–Crippen LogP) is 2.38. The molecule has 1 atom stereocenters. The quantitative estimate of drug-likeness (QED) is 0.602. The summed E-state index contributed by atoms with van der Waals surface area (Å²) >= 11 is 0.915. The van der Waals surface area contributed by atoms with Gasteiger partial charge in [0.05, 0.1) is 35.2 Å². The van der Waals surface area contributed by atoms with E-state index in [1.807, 2.05) is 0 Å². The largest absolute Gasteiger partial charge is 0.471 e. The van der Waals surface area contributed by atoms with Crippen molar-refractivity contribution in [2.24, 2.45) is 0 Å². The summed E-state index contributed by atoms with van der Waals surface area (Å²) < 4.78 is 52.5. The first kappa shape index (κ1) is 22.0. The fourth-order valence-corrected chi connectivity index (χ4v) is 3.91. The summed E-state index contributed by atoms with van der Waals surface area (Å²) in [5.41, 5.74) is 0.337. The zero-order chi connectivity index (χ0) is 22.9. The van der Waals surface area contributed by atoms with E-state index >= 15 is 0 Å². The Hall–Kier alpha value is -3.26. The van der Waals surface area contributed by atoms with Crippen LogP contribution in [-0.2, 0) is 10.9 Å². The van der Waals surface area contributed by atoms with Crippen molar-refractivity contribution in [3.05, 3.63) is 40.4 Å². The van der Waals surface area contributed by atoms with Crippen molar-refractivity contribution in [1.82, 2.24) is 25.5 Å². The van der Waals surface area contributed by atoms with Crippen LogP contribution < -0.4 is 5.32 Å². The Morgan fingerprint density at radius 3 is 2.81 bits per heavy atom. The van der Waals surface area contributed by atoms with Gasteiger partial charge in [-0.3, -0.25) is 9.59 Å². The number of amides is 2. The summed E-state index contributed by atoms with van der Waals surface area (Å²) in [7, 11) is 0. The fourth-order valence-electron chi connectivity index (χ4n) is 3.07. The van der Waals surface area contributed by atoms with Crippen molar-refractivity contribution >= 4 is 23.2 Å². The van der Waals surface area contributed by atoms with Crippen LogP contribution in [0.5, 0.6) is 0 Å². The Kier molecular flexibility index (Phi) is 5.97. The number of halogens is 3. The Bertz CT molecular complexity index is 1120. The molecule has 4 rings (SSSR count). The predicted molar refractivity (Wildman–Crippen MR) is 102 cm³/mol. The normalized spacial score (nSPS) is 16.9. The lowest BCUT2D eigenvalue weighted by Gasteiger charge is -2.35. The second-order valence-electron chi connectivity index (χ2n) is 6.82. The smallest absolute Gasteiger partial charge is 0.377 e. The number of morpholine rings is 1. The van der Waals surface area contributed by atoms with Crippen molar-refractivity contribution in [1.29, 1.82) is 0 Å². The van der Waals surface area contributed by atoms with Gasteiger partial charge in [0, 0.05) is 13.1 Å². The third-order valence-electron chi connectivity index (χ3n) is 4.69. The summed E-state index contributed by atoms with van der Waals surface area (Å²) in [5.74, 6) is -2.06. The number of aromatic nitrogens is 3. The molecule has 1 aliphatic rings. The van der Waals surface area contributed by atoms with E-state index in [0.717, 1.165) is 11.3 Å². The molecule has 0 radical (unpaired) electrons. The molecular formula is C18H16F3N5O5S. The molecule has 0 aliphatic carbocycles. The number of rotatable bonds is 5. The highest BCUT2D eigenvalue weighted by Crippen LogP contribution is 2.31. The molecule has 1 saturated heterocycles. The van der Waals surface area contributed by atoms with E-state index in [-0.39, 0.29) is 34.6 Å². The van der Waals surface area contributed by atoms with Crippen LogP contribution in [0, 0.1) is 6.92 Å². The molecule has 3 aromatic heterocycles. The molecule has 2 amide bonds. The maximum Gasteiger partial charge on any atom is 0.471 e. The van der Waals surface area contributed by atoms with Gasteiger partial charge in [-0.2, -0.15) is 18.2 Å². The molecule has 10 nitrogen and oxygen atoms in total. The van der Waals surface area contributed by atoms with E-state index in [1.54, 1.807) is 11.8 Å². The third-order valence-corrected chi connectivity index (χ3v) is 5.77. The second-order valence-corrected chi connectivity index (χ2v) is 7.90. The Morgan fingerprint density at radius 1 is 1.31 bits per heavy atom. The average Bonchev–Trinajstić information content (AvgIpc) is 3.51. The van der Waals surface area contributed by atoms with Crippen molar-refractivity contribution < 1.29 is 36.5 Å². The minimum atomic E-state index is -4.75. The maximum atomic E-state index is 12.8. The van der Waals surface area contributed by atoms with Gasteiger partial charge in [-0.25, -0.2) is 0 Å². The van der Waals surface area contributed by atoms with Gasteiger partial charge in [-0.05, 0) is 19.1 Å². The van der Waals surface area contributed by atoms with Crippen LogP contribution in [0.4, 0.5) is 13.2 Å². The highest BCUT2D eigenvalue weighted by Gasteiger charge is 2.38.